The Kier molecular flexibility index (Phi) is 4.23. The molecule has 108 valence electrons. The molecule has 0 aliphatic rings. The lowest BCUT2D eigenvalue weighted by atomic mass is 10.1. The summed E-state index contributed by atoms with van der Waals surface area (Å²) < 4.78 is 39.8. The lowest BCUT2D eigenvalue weighted by Crippen LogP contribution is -2.10. The van der Waals surface area contributed by atoms with Crippen LogP contribution in [0.2, 0.25) is 0 Å². The average Bonchev–Trinajstić information content (AvgIpc) is 2.84. The van der Waals surface area contributed by atoms with Gasteiger partial charge < -0.3 is 10.4 Å². The van der Waals surface area contributed by atoms with Gasteiger partial charge in [0.2, 0.25) is 0 Å². The largest absolute Gasteiger partial charge is 0.418 e. The molecule has 0 radical (unpaired) electrons. The Labute approximate surface area is 113 Å². The van der Waals surface area contributed by atoms with E-state index in [-0.39, 0.29) is 18.8 Å². The third kappa shape index (κ3) is 3.47. The topological polar surface area (TPSA) is 63.0 Å². The van der Waals surface area contributed by atoms with Gasteiger partial charge in [0, 0.05) is 5.69 Å². The van der Waals surface area contributed by atoms with Gasteiger partial charge in [0.05, 0.1) is 31.5 Å². The van der Waals surface area contributed by atoms with Crippen molar-refractivity contribution >= 4 is 5.69 Å². The Hall–Kier alpha value is -2.09. The van der Waals surface area contributed by atoms with Crippen molar-refractivity contribution in [3.8, 4) is 0 Å². The molecular formula is C12H13F3N4O. The van der Waals surface area contributed by atoms with Crippen LogP contribution in [0.4, 0.5) is 18.9 Å². The number of para-hydroxylation sites is 1. The van der Waals surface area contributed by atoms with E-state index in [1.54, 1.807) is 6.20 Å². The predicted molar refractivity (Wildman–Crippen MR) is 65.9 cm³/mol. The minimum atomic E-state index is -4.40. The fourth-order valence-corrected chi connectivity index (χ4v) is 1.70. The van der Waals surface area contributed by atoms with Crippen molar-refractivity contribution in [3.05, 3.63) is 41.7 Å². The first-order chi connectivity index (χ1) is 9.50. The van der Waals surface area contributed by atoms with Crippen LogP contribution in [0.25, 0.3) is 0 Å². The first-order valence-electron chi connectivity index (χ1n) is 5.90. The van der Waals surface area contributed by atoms with E-state index in [2.05, 4.69) is 15.6 Å². The highest BCUT2D eigenvalue weighted by Gasteiger charge is 2.33. The summed E-state index contributed by atoms with van der Waals surface area (Å²) in [5.74, 6) is 0. The smallest absolute Gasteiger partial charge is 0.394 e. The maximum atomic E-state index is 12.8. The van der Waals surface area contributed by atoms with Crippen molar-refractivity contribution in [2.24, 2.45) is 0 Å². The summed E-state index contributed by atoms with van der Waals surface area (Å²) in [5.41, 5.74) is -0.227. The normalized spacial score (nSPS) is 11.6. The van der Waals surface area contributed by atoms with Crippen LogP contribution in [0, 0.1) is 0 Å². The number of hydrogen-bond donors (Lipinski definition) is 2. The van der Waals surface area contributed by atoms with E-state index in [1.807, 2.05) is 0 Å². The first-order valence-corrected chi connectivity index (χ1v) is 5.90. The zero-order valence-corrected chi connectivity index (χ0v) is 10.4. The average molecular weight is 286 g/mol. The van der Waals surface area contributed by atoms with Crippen LogP contribution in [-0.4, -0.2) is 26.7 Å². The lowest BCUT2D eigenvalue weighted by molar-refractivity contribution is -0.137. The minimum Gasteiger partial charge on any atom is -0.394 e. The molecule has 0 saturated carbocycles. The van der Waals surface area contributed by atoms with Crippen molar-refractivity contribution in [1.29, 1.82) is 0 Å². The van der Waals surface area contributed by atoms with Crippen LogP contribution in [0.15, 0.2) is 30.5 Å². The predicted octanol–water partition coefficient (Wildman–Crippen LogP) is 1.90. The SMILES string of the molecule is OCCn1cc(CNc2ccccc2C(F)(F)F)nn1. The van der Waals surface area contributed by atoms with Gasteiger partial charge in [-0.05, 0) is 12.1 Å². The van der Waals surface area contributed by atoms with E-state index in [0.29, 0.717) is 12.2 Å². The molecule has 2 rings (SSSR count). The van der Waals surface area contributed by atoms with E-state index in [1.165, 1.54) is 22.9 Å². The zero-order valence-electron chi connectivity index (χ0n) is 10.4. The van der Waals surface area contributed by atoms with Crippen LogP contribution in [0.5, 0.6) is 0 Å². The summed E-state index contributed by atoms with van der Waals surface area (Å²) in [5, 5.41) is 19.0. The number of benzene rings is 1. The first kappa shape index (κ1) is 14.3. The van der Waals surface area contributed by atoms with Crippen molar-refractivity contribution in [2.75, 3.05) is 11.9 Å². The molecule has 2 aromatic rings. The molecule has 2 N–H and O–H groups in total. The Morgan fingerprint density at radius 1 is 1.25 bits per heavy atom. The van der Waals surface area contributed by atoms with Crippen molar-refractivity contribution in [1.82, 2.24) is 15.0 Å². The lowest BCUT2D eigenvalue weighted by Gasteiger charge is -2.13. The molecule has 0 unspecified atom stereocenters. The second-order valence-electron chi connectivity index (χ2n) is 4.09. The van der Waals surface area contributed by atoms with Crippen LogP contribution < -0.4 is 5.32 Å². The molecule has 1 aromatic heterocycles. The number of hydrogen-bond acceptors (Lipinski definition) is 4. The van der Waals surface area contributed by atoms with E-state index >= 15 is 0 Å². The molecule has 0 saturated heterocycles. The molecule has 0 aliphatic carbocycles. The quantitative estimate of drug-likeness (QED) is 0.881. The van der Waals surface area contributed by atoms with Crippen molar-refractivity contribution in [2.45, 2.75) is 19.3 Å². The maximum absolute atomic E-state index is 12.8. The maximum Gasteiger partial charge on any atom is 0.418 e. The van der Waals surface area contributed by atoms with Crippen LogP contribution in [0.3, 0.4) is 0 Å². The standard InChI is InChI=1S/C12H13F3N4O/c13-12(14,15)10-3-1-2-4-11(10)16-7-9-8-19(5-6-20)18-17-9/h1-4,8,16,20H,5-7H2. The monoisotopic (exact) mass is 286 g/mol. The second kappa shape index (κ2) is 5.91. The number of halogens is 3. The number of anilines is 1. The molecule has 0 spiro atoms. The summed E-state index contributed by atoms with van der Waals surface area (Å²) in [7, 11) is 0. The van der Waals surface area contributed by atoms with Gasteiger partial charge in [-0.3, -0.25) is 0 Å². The number of alkyl halides is 3. The Morgan fingerprint density at radius 3 is 2.70 bits per heavy atom. The van der Waals surface area contributed by atoms with Gasteiger partial charge in [0.25, 0.3) is 0 Å². The fourth-order valence-electron chi connectivity index (χ4n) is 1.70. The number of nitrogens with one attached hydrogen (secondary N) is 1. The molecule has 0 fully saturated rings. The molecule has 0 aliphatic heterocycles. The minimum absolute atomic E-state index is 0.00305. The zero-order chi connectivity index (χ0) is 14.6. The number of aliphatic hydroxyl groups is 1. The second-order valence-corrected chi connectivity index (χ2v) is 4.09. The number of rotatable bonds is 5. The number of aromatic nitrogens is 3. The van der Waals surface area contributed by atoms with Crippen molar-refractivity contribution < 1.29 is 18.3 Å². The number of aliphatic hydroxyl groups excluding tert-OH is 1. The van der Waals surface area contributed by atoms with Gasteiger partial charge in [-0.15, -0.1) is 5.10 Å². The highest BCUT2D eigenvalue weighted by molar-refractivity contribution is 5.52. The van der Waals surface area contributed by atoms with Gasteiger partial charge in [0.1, 0.15) is 5.69 Å². The van der Waals surface area contributed by atoms with Gasteiger partial charge in [-0.1, -0.05) is 17.3 Å². The summed E-state index contributed by atoms with van der Waals surface area (Å²) in [6, 6.07) is 5.25. The summed E-state index contributed by atoms with van der Waals surface area (Å²) >= 11 is 0. The van der Waals surface area contributed by atoms with Crippen molar-refractivity contribution in [3.63, 3.8) is 0 Å². The number of nitrogens with zero attached hydrogens (tertiary/aromatic N) is 3. The van der Waals surface area contributed by atoms with Gasteiger partial charge in [0.15, 0.2) is 0 Å². The molecule has 0 bridgehead atoms. The summed E-state index contributed by atoms with van der Waals surface area (Å²) in [6.07, 6.45) is -2.84. The van der Waals surface area contributed by atoms with E-state index in [0.717, 1.165) is 6.07 Å². The van der Waals surface area contributed by atoms with Crippen LogP contribution in [-0.2, 0) is 19.3 Å². The van der Waals surface area contributed by atoms with E-state index < -0.39 is 11.7 Å². The highest BCUT2D eigenvalue weighted by atomic mass is 19.4. The fraction of sp³-hybridized carbons (Fsp3) is 0.333. The van der Waals surface area contributed by atoms with E-state index in [4.69, 9.17) is 5.11 Å². The van der Waals surface area contributed by atoms with Crippen LogP contribution >= 0.6 is 0 Å². The molecule has 0 atom stereocenters. The highest BCUT2D eigenvalue weighted by Crippen LogP contribution is 2.34. The van der Waals surface area contributed by atoms with Gasteiger partial charge in [-0.25, -0.2) is 4.68 Å². The molecule has 8 heteroatoms. The molecule has 1 aromatic carbocycles. The summed E-state index contributed by atoms with van der Waals surface area (Å²) in [4.78, 5) is 0. The molecular weight excluding hydrogens is 273 g/mol. The molecule has 5 nitrogen and oxygen atoms in total. The van der Waals surface area contributed by atoms with Gasteiger partial charge in [-0.2, -0.15) is 13.2 Å². The van der Waals surface area contributed by atoms with Crippen LogP contribution in [0.1, 0.15) is 11.3 Å². The third-order valence-corrected chi connectivity index (χ3v) is 2.61. The molecule has 1 heterocycles. The Bertz CT molecular complexity index is 568. The summed E-state index contributed by atoms with van der Waals surface area (Å²) in [6.45, 7) is 0.345. The molecule has 0 amide bonds. The Morgan fingerprint density at radius 2 is 2.00 bits per heavy atom. The van der Waals surface area contributed by atoms with Gasteiger partial charge >= 0.3 is 6.18 Å². The Balaban J connectivity index is 2.07. The molecule has 20 heavy (non-hydrogen) atoms. The third-order valence-electron chi connectivity index (χ3n) is 2.61. The van der Waals surface area contributed by atoms with E-state index in [9.17, 15) is 13.2 Å².